The Morgan fingerprint density at radius 3 is 1.52 bits per heavy atom. The minimum atomic E-state index is -0.697. The number of ether oxygens (including phenoxy) is 6. The molecule has 4 aromatic carbocycles. The maximum atomic E-state index is 12.4. The molecule has 2 atom stereocenters. The molecule has 0 radical (unpaired) electrons. The van der Waals surface area contributed by atoms with Crippen molar-refractivity contribution in [1.82, 2.24) is 0 Å². The van der Waals surface area contributed by atoms with Crippen LogP contribution in [-0.2, 0) is 25.5 Å². The van der Waals surface area contributed by atoms with Crippen LogP contribution in [0.3, 0.4) is 0 Å². The van der Waals surface area contributed by atoms with E-state index in [1.54, 1.807) is 13.8 Å². The van der Waals surface area contributed by atoms with E-state index in [1.807, 2.05) is 97.9 Å². The van der Waals surface area contributed by atoms with Gasteiger partial charge in [0.2, 0.25) is 0 Å². The quantitative estimate of drug-likeness (QED) is 0.0894. The highest BCUT2D eigenvalue weighted by atomic mass is 16.6. The molecule has 0 heterocycles. The molecule has 0 aliphatic carbocycles. The van der Waals surface area contributed by atoms with Crippen molar-refractivity contribution in [1.29, 1.82) is 0 Å². The monoisotopic (exact) mass is 624 g/mol. The molecule has 0 N–H and O–H groups in total. The van der Waals surface area contributed by atoms with Gasteiger partial charge >= 0.3 is 11.9 Å². The lowest BCUT2D eigenvalue weighted by Crippen LogP contribution is -2.31. The van der Waals surface area contributed by atoms with Crippen LogP contribution in [0.5, 0.6) is 23.0 Å². The molecular weight excluding hydrogens is 584 g/mol. The maximum absolute atomic E-state index is 12.4. The van der Waals surface area contributed by atoms with Crippen LogP contribution in [-0.4, -0.2) is 50.6 Å². The number of rotatable bonds is 17. The van der Waals surface area contributed by atoms with E-state index in [-0.39, 0.29) is 37.6 Å². The summed E-state index contributed by atoms with van der Waals surface area (Å²) in [6, 6.07) is 28.2. The first-order chi connectivity index (χ1) is 22.2. The van der Waals surface area contributed by atoms with Gasteiger partial charge in [-0.05, 0) is 56.2 Å². The number of carbonyl (C=O) groups is 2. The second-order valence-corrected chi connectivity index (χ2v) is 10.7. The number of hydrogen-bond donors (Lipinski definition) is 0. The molecule has 4 rings (SSSR count). The van der Waals surface area contributed by atoms with Crippen molar-refractivity contribution in [3.05, 3.63) is 121 Å². The molecule has 0 aliphatic heterocycles. The Bertz CT molecular complexity index is 1630. The third kappa shape index (κ3) is 9.63. The van der Waals surface area contributed by atoms with Crippen molar-refractivity contribution in [3.8, 4) is 23.0 Å². The second kappa shape index (κ2) is 16.7. The maximum Gasteiger partial charge on any atom is 0.333 e. The molecule has 2 unspecified atom stereocenters. The Labute approximate surface area is 270 Å². The number of benzene rings is 4. The third-order valence-electron chi connectivity index (χ3n) is 6.86. The van der Waals surface area contributed by atoms with Crippen LogP contribution in [0.4, 0.5) is 0 Å². The van der Waals surface area contributed by atoms with Crippen molar-refractivity contribution in [2.45, 2.75) is 39.4 Å². The zero-order chi connectivity index (χ0) is 32.9. The summed E-state index contributed by atoms with van der Waals surface area (Å²) in [5.74, 6) is 1.52. The molecular formula is C38H40O8. The highest BCUT2D eigenvalue weighted by Gasteiger charge is 2.22. The number of hydrogen-bond acceptors (Lipinski definition) is 8. The number of esters is 2. The normalized spacial score (nSPS) is 12.0. The van der Waals surface area contributed by atoms with Crippen LogP contribution in [0.1, 0.15) is 26.3 Å². The van der Waals surface area contributed by atoms with Gasteiger partial charge in [0.15, 0.2) is 12.2 Å². The van der Waals surface area contributed by atoms with E-state index in [9.17, 15) is 9.59 Å². The van der Waals surface area contributed by atoms with Gasteiger partial charge in [-0.25, -0.2) is 9.59 Å². The number of para-hydroxylation sites is 2. The van der Waals surface area contributed by atoms with Crippen molar-refractivity contribution in [3.63, 3.8) is 0 Å². The van der Waals surface area contributed by atoms with Crippen LogP contribution >= 0.6 is 0 Å². The van der Waals surface area contributed by atoms with Crippen molar-refractivity contribution >= 4 is 22.7 Å². The Hall–Kier alpha value is -5.24. The Kier molecular flexibility index (Phi) is 12.2. The fourth-order valence-electron chi connectivity index (χ4n) is 4.43. The summed E-state index contributed by atoms with van der Waals surface area (Å²) in [6.45, 7) is 12.9. The van der Waals surface area contributed by atoms with Gasteiger partial charge in [0, 0.05) is 21.9 Å². The number of aryl methyl sites for hydroxylation is 1. The van der Waals surface area contributed by atoms with Crippen LogP contribution in [0.25, 0.3) is 10.8 Å². The van der Waals surface area contributed by atoms with Gasteiger partial charge in [-0.2, -0.15) is 0 Å². The standard InChI is InChI=1S/C38H40O8/c1-6-28-21-35(43-24-31(45-37(39)26(2)3)22-41-29-15-9-7-10-16-29)33-19-13-14-20-34(33)36(28)44-25-32(46-38(40)27(4)5)23-42-30-17-11-8-12-18-30/h7-21,31-32H,2,4,6,22-25H2,1,3,5H3. The summed E-state index contributed by atoms with van der Waals surface area (Å²) in [6.07, 6.45) is -0.756. The van der Waals surface area contributed by atoms with Crippen LogP contribution in [0, 0.1) is 0 Å². The predicted molar refractivity (Wildman–Crippen MR) is 178 cm³/mol. The Morgan fingerprint density at radius 2 is 1.04 bits per heavy atom. The molecule has 0 aromatic heterocycles. The summed E-state index contributed by atoms with van der Waals surface area (Å²) in [5.41, 5.74) is 1.46. The zero-order valence-electron chi connectivity index (χ0n) is 26.5. The lowest BCUT2D eigenvalue weighted by molar-refractivity contribution is -0.148. The molecule has 0 saturated heterocycles. The predicted octanol–water partition coefficient (Wildman–Crippen LogP) is 7.29. The summed E-state index contributed by atoms with van der Waals surface area (Å²) < 4.78 is 35.7. The third-order valence-corrected chi connectivity index (χ3v) is 6.86. The van der Waals surface area contributed by atoms with E-state index >= 15 is 0 Å². The van der Waals surface area contributed by atoms with Crippen LogP contribution in [0.15, 0.2) is 115 Å². The first-order valence-corrected chi connectivity index (χ1v) is 15.1. The number of carbonyl (C=O) groups excluding carboxylic acids is 2. The first kappa shape index (κ1) is 33.6. The van der Waals surface area contributed by atoms with Gasteiger partial charge in [0.1, 0.15) is 49.4 Å². The Balaban J connectivity index is 1.54. The van der Waals surface area contributed by atoms with Crippen LogP contribution < -0.4 is 18.9 Å². The lowest BCUT2D eigenvalue weighted by Gasteiger charge is -2.23. The van der Waals surface area contributed by atoms with E-state index in [4.69, 9.17) is 28.4 Å². The minimum Gasteiger partial charge on any atom is -0.490 e. The smallest absolute Gasteiger partial charge is 0.333 e. The van der Waals surface area contributed by atoms with Gasteiger partial charge < -0.3 is 28.4 Å². The van der Waals surface area contributed by atoms with Gasteiger partial charge in [-0.15, -0.1) is 0 Å². The minimum absolute atomic E-state index is 0.0506. The summed E-state index contributed by atoms with van der Waals surface area (Å²) in [7, 11) is 0. The second-order valence-electron chi connectivity index (χ2n) is 10.7. The molecule has 0 aliphatic rings. The molecule has 0 saturated carbocycles. The van der Waals surface area contributed by atoms with E-state index < -0.39 is 24.1 Å². The molecule has 8 heteroatoms. The van der Waals surface area contributed by atoms with Crippen molar-refractivity contribution in [2.24, 2.45) is 0 Å². The van der Waals surface area contributed by atoms with E-state index in [0.29, 0.717) is 29.4 Å². The largest absolute Gasteiger partial charge is 0.490 e. The highest BCUT2D eigenvalue weighted by Crippen LogP contribution is 2.37. The van der Waals surface area contributed by atoms with E-state index in [2.05, 4.69) is 13.2 Å². The van der Waals surface area contributed by atoms with Crippen LogP contribution in [0.2, 0.25) is 0 Å². The zero-order valence-corrected chi connectivity index (χ0v) is 26.5. The van der Waals surface area contributed by atoms with Gasteiger partial charge in [-0.1, -0.05) is 80.7 Å². The Morgan fingerprint density at radius 1 is 0.609 bits per heavy atom. The van der Waals surface area contributed by atoms with E-state index in [0.717, 1.165) is 16.3 Å². The molecule has 0 spiro atoms. The van der Waals surface area contributed by atoms with Gasteiger partial charge in [0.05, 0.1) is 0 Å². The molecule has 46 heavy (non-hydrogen) atoms. The molecule has 0 amide bonds. The molecule has 0 fully saturated rings. The van der Waals surface area contributed by atoms with E-state index in [1.165, 1.54) is 0 Å². The highest BCUT2D eigenvalue weighted by molar-refractivity contribution is 5.94. The fraction of sp³-hybridized carbons (Fsp3) is 0.263. The molecule has 4 aromatic rings. The van der Waals surface area contributed by atoms with Gasteiger partial charge in [-0.3, -0.25) is 0 Å². The lowest BCUT2D eigenvalue weighted by atomic mass is 10.0. The molecule has 0 bridgehead atoms. The average Bonchev–Trinajstić information content (AvgIpc) is 3.07. The van der Waals surface area contributed by atoms with Gasteiger partial charge in [0.25, 0.3) is 0 Å². The SMILES string of the molecule is C=C(C)C(=O)OC(COc1ccccc1)COc1cc(CC)c(OCC(COc2ccccc2)OC(=O)C(=C)C)c2ccccc12. The number of fused-ring (bicyclic) bond motifs is 1. The molecule has 8 nitrogen and oxygen atoms in total. The summed E-state index contributed by atoms with van der Waals surface area (Å²) in [4.78, 5) is 24.8. The average molecular weight is 625 g/mol. The fourth-order valence-corrected chi connectivity index (χ4v) is 4.43. The van der Waals surface area contributed by atoms with Crippen molar-refractivity contribution in [2.75, 3.05) is 26.4 Å². The topological polar surface area (TPSA) is 89.5 Å². The summed E-state index contributed by atoms with van der Waals surface area (Å²) >= 11 is 0. The first-order valence-electron chi connectivity index (χ1n) is 15.1. The molecule has 240 valence electrons. The summed E-state index contributed by atoms with van der Waals surface area (Å²) in [5, 5.41) is 1.63. The van der Waals surface area contributed by atoms with Crippen molar-refractivity contribution < 1.29 is 38.0 Å².